The molecule has 1 unspecified atom stereocenters. The fourth-order valence-corrected chi connectivity index (χ4v) is 4.92. The number of nitrogens with two attached hydrogens (primary N) is 1. The van der Waals surface area contributed by atoms with E-state index in [0.717, 1.165) is 36.7 Å². The first kappa shape index (κ1) is 20.8. The summed E-state index contributed by atoms with van der Waals surface area (Å²) in [4.78, 5) is 27.5. The van der Waals surface area contributed by atoms with Gasteiger partial charge in [-0.25, -0.2) is 0 Å². The molecule has 1 heterocycles. The number of benzene rings is 1. The van der Waals surface area contributed by atoms with Crippen LogP contribution in [0.25, 0.3) is 0 Å². The minimum Gasteiger partial charge on any atom is -0.366 e. The maximum atomic E-state index is 15.2. The minimum absolute atomic E-state index is 0.0742. The second-order valence-corrected chi connectivity index (χ2v) is 9.11. The number of aliphatic imine (C=N–C) groups is 1. The molecule has 28 heavy (non-hydrogen) atoms. The van der Waals surface area contributed by atoms with Gasteiger partial charge >= 0.3 is 0 Å². The van der Waals surface area contributed by atoms with Crippen LogP contribution in [0.15, 0.2) is 29.3 Å². The van der Waals surface area contributed by atoms with Crippen LogP contribution < -0.4 is 11.1 Å². The number of hydrogen-bond donors (Lipinski definition) is 2. The van der Waals surface area contributed by atoms with Crippen LogP contribution >= 0.6 is 11.8 Å². The molecule has 0 bridgehead atoms. The predicted octanol–water partition coefficient (Wildman–Crippen LogP) is 3.82. The van der Waals surface area contributed by atoms with Gasteiger partial charge in [-0.05, 0) is 44.7 Å². The third-order valence-electron chi connectivity index (χ3n) is 5.75. The first-order chi connectivity index (χ1) is 13.1. The molecule has 152 valence electrons. The van der Waals surface area contributed by atoms with Crippen LogP contribution in [0.5, 0.6) is 0 Å². The summed E-state index contributed by atoms with van der Waals surface area (Å²) >= 11 is 0.773. The Kier molecular flexibility index (Phi) is 5.79. The fraction of sp³-hybridized carbons (Fsp3) is 0.550. The van der Waals surface area contributed by atoms with Crippen molar-refractivity contribution in [3.8, 4) is 0 Å². The summed E-state index contributed by atoms with van der Waals surface area (Å²) in [5, 5.41) is 3.43. The van der Waals surface area contributed by atoms with Crippen LogP contribution in [0.1, 0.15) is 61.9 Å². The van der Waals surface area contributed by atoms with Crippen LogP contribution in [-0.2, 0) is 10.7 Å². The molecule has 0 aromatic heterocycles. The highest BCUT2D eigenvalue weighted by Gasteiger charge is 2.60. The molecule has 0 saturated heterocycles. The third-order valence-corrected chi connectivity index (χ3v) is 6.99. The number of hydrogen-bond acceptors (Lipinski definition) is 4. The van der Waals surface area contributed by atoms with Gasteiger partial charge in [0.05, 0.1) is 0 Å². The normalized spacial score (nSPS) is 24.7. The molecule has 5 nitrogen and oxygen atoms in total. The number of carbonyl (C=O) groups excluding carboxylic acids is 2. The molecule has 1 aromatic carbocycles. The van der Waals surface area contributed by atoms with Crippen molar-refractivity contribution in [3.05, 3.63) is 35.4 Å². The largest absolute Gasteiger partial charge is 0.366 e. The Morgan fingerprint density at radius 2 is 1.89 bits per heavy atom. The molecule has 3 rings (SSSR count). The van der Waals surface area contributed by atoms with Gasteiger partial charge < -0.3 is 11.1 Å². The summed E-state index contributed by atoms with van der Waals surface area (Å²) in [7, 11) is 0. The van der Waals surface area contributed by atoms with Gasteiger partial charge in [-0.3, -0.25) is 9.59 Å². The van der Waals surface area contributed by atoms with Crippen LogP contribution in [0, 0.1) is 5.92 Å². The minimum atomic E-state index is -3.47. The summed E-state index contributed by atoms with van der Waals surface area (Å²) in [6.07, 6.45) is 5.77. The van der Waals surface area contributed by atoms with Crippen molar-refractivity contribution in [1.82, 2.24) is 5.32 Å². The third kappa shape index (κ3) is 3.79. The van der Waals surface area contributed by atoms with E-state index in [4.69, 9.17) is 5.73 Å². The standard InChI is InChI=1S/C20H25F2N3O2S/c1-12(13-6-4-3-5-7-13)24-18-25-17(27)19(2,28-18)20(21,22)15-10-8-14(9-11-15)16(23)26/h8-13H,3-7H2,1-2H3,(H2,23,26)(H,24,25,27)/t12-,19?/m0/s1. The van der Waals surface area contributed by atoms with Gasteiger partial charge in [-0.15, -0.1) is 0 Å². The van der Waals surface area contributed by atoms with E-state index in [1.165, 1.54) is 38.3 Å². The number of carbonyl (C=O) groups is 2. The Labute approximate surface area is 167 Å². The molecule has 1 aromatic rings. The van der Waals surface area contributed by atoms with Crippen molar-refractivity contribution in [3.63, 3.8) is 0 Å². The van der Waals surface area contributed by atoms with Crippen molar-refractivity contribution >= 4 is 28.7 Å². The van der Waals surface area contributed by atoms with E-state index in [1.807, 2.05) is 6.92 Å². The molecule has 1 aliphatic carbocycles. The summed E-state index contributed by atoms with van der Waals surface area (Å²) in [5.74, 6) is -4.56. The molecule has 1 aliphatic heterocycles. The lowest BCUT2D eigenvalue weighted by atomic mass is 9.85. The first-order valence-corrected chi connectivity index (χ1v) is 10.3. The zero-order valence-electron chi connectivity index (χ0n) is 16.0. The van der Waals surface area contributed by atoms with E-state index in [-0.39, 0.29) is 22.3 Å². The molecule has 0 spiro atoms. The summed E-state index contributed by atoms with van der Waals surface area (Å²) < 4.78 is 28.4. The average Bonchev–Trinajstić information content (AvgIpc) is 2.97. The van der Waals surface area contributed by atoms with E-state index in [9.17, 15) is 9.59 Å². The highest BCUT2D eigenvalue weighted by atomic mass is 32.2. The van der Waals surface area contributed by atoms with E-state index < -0.39 is 22.5 Å². The lowest BCUT2D eigenvalue weighted by molar-refractivity contribution is -0.130. The summed E-state index contributed by atoms with van der Waals surface area (Å²) in [5.41, 5.74) is 4.94. The van der Waals surface area contributed by atoms with E-state index in [1.54, 1.807) is 0 Å². The maximum Gasteiger partial charge on any atom is 0.296 e. The maximum absolute atomic E-state index is 15.2. The molecular formula is C20H25F2N3O2S. The Bertz CT molecular complexity index is 791. The molecule has 3 N–H and O–H groups in total. The summed E-state index contributed by atoms with van der Waals surface area (Å²) in [6.45, 7) is 3.23. The van der Waals surface area contributed by atoms with Crippen LogP contribution in [0.3, 0.4) is 0 Å². The van der Waals surface area contributed by atoms with Gasteiger partial charge in [0, 0.05) is 17.2 Å². The monoisotopic (exact) mass is 409 g/mol. The number of halogens is 2. The highest BCUT2D eigenvalue weighted by molar-refractivity contribution is 8.16. The van der Waals surface area contributed by atoms with E-state index in [0.29, 0.717) is 5.92 Å². The number of nitrogens with one attached hydrogen (secondary N) is 1. The first-order valence-electron chi connectivity index (χ1n) is 9.52. The summed E-state index contributed by atoms with van der Waals surface area (Å²) in [6, 6.07) is 4.82. The van der Waals surface area contributed by atoms with Gasteiger partial charge in [0.1, 0.15) is 0 Å². The van der Waals surface area contributed by atoms with Crippen LogP contribution in [-0.4, -0.2) is 27.8 Å². The van der Waals surface area contributed by atoms with E-state index >= 15 is 8.78 Å². The molecule has 1 saturated carbocycles. The zero-order chi connectivity index (χ0) is 20.5. The Morgan fingerprint density at radius 1 is 1.29 bits per heavy atom. The molecular weight excluding hydrogens is 384 g/mol. The highest BCUT2D eigenvalue weighted by Crippen LogP contribution is 2.51. The van der Waals surface area contributed by atoms with Crippen molar-refractivity contribution in [1.29, 1.82) is 0 Å². The Balaban J connectivity index is 1.74. The molecule has 2 atom stereocenters. The topological polar surface area (TPSA) is 84.6 Å². The van der Waals surface area contributed by atoms with Gasteiger partial charge in [0.2, 0.25) is 5.91 Å². The Hall–Kier alpha value is -1.96. The Morgan fingerprint density at radius 3 is 2.46 bits per heavy atom. The predicted molar refractivity (Wildman–Crippen MR) is 106 cm³/mol. The molecule has 8 heteroatoms. The van der Waals surface area contributed by atoms with Crippen LogP contribution in [0.4, 0.5) is 8.78 Å². The quantitative estimate of drug-likeness (QED) is 0.774. The van der Waals surface area contributed by atoms with Crippen molar-refractivity contribution < 1.29 is 18.4 Å². The molecule has 1 fully saturated rings. The van der Waals surface area contributed by atoms with Crippen LogP contribution in [0.2, 0.25) is 0 Å². The number of primary amides is 1. The van der Waals surface area contributed by atoms with Gasteiger partial charge in [0.15, 0.2) is 9.91 Å². The molecule has 2 aliphatic rings. The second kappa shape index (κ2) is 7.81. The molecule has 0 radical (unpaired) electrons. The van der Waals surface area contributed by atoms with Crippen molar-refractivity contribution in [2.24, 2.45) is 16.6 Å². The molecule has 2 amide bonds. The number of alkyl halides is 2. The average molecular weight is 410 g/mol. The van der Waals surface area contributed by atoms with Crippen molar-refractivity contribution in [2.45, 2.75) is 62.7 Å². The van der Waals surface area contributed by atoms with Gasteiger partial charge in [0.25, 0.3) is 11.8 Å². The number of nitrogens with zero attached hydrogens (tertiary/aromatic N) is 1. The van der Waals surface area contributed by atoms with E-state index in [2.05, 4.69) is 10.3 Å². The smallest absolute Gasteiger partial charge is 0.296 e. The number of amidine groups is 1. The number of amides is 2. The van der Waals surface area contributed by atoms with Gasteiger partial charge in [-0.2, -0.15) is 13.8 Å². The lowest BCUT2D eigenvalue weighted by Crippen LogP contribution is -2.45. The van der Waals surface area contributed by atoms with Crippen molar-refractivity contribution in [2.75, 3.05) is 0 Å². The lowest BCUT2D eigenvalue weighted by Gasteiger charge is -2.32. The number of thioether (sulfide) groups is 1. The zero-order valence-corrected chi connectivity index (χ0v) is 16.8. The second-order valence-electron chi connectivity index (χ2n) is 7.70. The van der Waals surface area contributed by atoms with Gasteiger partial charge in [-0.1, -0.05) is 43.2 Å². The number of rotatable bonds is 5. The fourth-order valence-electron chi connectivity index (χ4n) is 3.78. The SMILES string of the molecule is C[C@H](NC1=NC(=O)C(C)(C(F)(F)c2ccc(C(N)=O)cc2)S1)C1CCCCC1.